The molecule has 0 aliphatic carbocycles. The first-order valence-electron chi connectivity index (χ1n) is 11.4. The van der Waals surface area contributed by atoms with E-state index in [-0.39, 0.29) is 24.8 Å². The second kappa shape index (κ2) is 10.1. The molecule has 37 heavy (non-hydrogen) atoms. The Labute approximate surface area is 208 Å². The van der Waals surface area contributed by atoms with Crippen molar-refractivity contribution < 1.29 is 54.4 Å². The van der Waals surface area contributed by atoms with Crippen molar-refractivity contribution >= 4 is 0 Å². The van der Waals surface area contributed by atoms with E-state index in [1.165, 1.54) is 31.2 Å². The molecule has 4 rings (SSSR count). The van der Waals surface area contributed by atoms with Gasteiger partial charge in [-0.1, -0.05) is 12.1 Å². The number of alkyl halides is 6. The fourth-order valence-corrected chi connectivity index (χ4v) is 4.27. The van der Waals surface area contributed by atoms with Crippen LogP contribution in [-0.4, -0.2) is 37.0 Å². The molecule has 2 aromatic carbocycles. The lowest BCUT2D eigenvalue weighted by molar-refractivity contribution is -0.279. The van der Waals surface area contributed by atoms with Gasteiger partial charge in [-0.2, -0.15) is 26.3 Å². The van der Waals surface area contributed by atoms with Crippen LogP contribution in [0.2, 0.25) is 0 Å². The van der Waals surface area contributed by atoms with Crippen molar-refractivity contribution in [2.24, 2.45) is 0 Å². The Morgan fingerprint density at radius 2 is 1.54 bits per heavy atom. The summed E-state index contributed by atoms with van der Waals surface area (Å²) >= 11 is 0. The van der Waals surface area contributed by atoms with Crippen LogP contribution in [0.25, 0.3) is 0 Å². The van der Waals surface area contributed by atoms with E-state index in [1.54, 1.807) is 13.8 Å². The Hall–Kier alpha value is -2.25. The van der Waals surface area contributed by atoms with E-state index in [0.717, 1.165) is 0 Å². The molecule has 5 nitrogen and oxygen atoms in total. The van der Waals surface area contributed by atoms with Crippen LogP contribution in [-0.2, 0) is 42.6 Å². The lowest BCUT2D eigenvalue weighted by atomic mass is 10.0. The van der Waals surface area contributed by atoms with Crippen LogP contribution in [0.5, 0.6) is 0 Å². The van der Waals surface area contributed by atoms with Gasteiger partial charge in [0.25, 0.3) is 0 Å². The molecular formula is C25H25F7O5. The number of benzene rings is 2. The van der Waals surface area contributed by atoms with E-state index < -0.39 is 65.8 Å². The van der Waals surface area contributed by atoms with Crippen molar-refractivity contribution in [3.05, 3.63) is 70.5 Å². The number of fused-ring (bicyclic) bond motifs is 1. The lowest BCUT2D eigenvalue weighted by Crippen LogP contribution is -2.53. The average Bonchev–Trinajstić information content (AvgIpc) is 3.12. The van der Waals surface area contributed by atoms with Gasteiger partial charge in [-0.25, -0.2) is 4.39 Å². The predicted octanol–water partition coefficient (Wildman–Crippen LogP) is 6.40. The van der Waals surface area contributed by atoms with Gasteiger partial charge >= 0.3 is 12.4 Å². The summed E-state index contributed by atoms with van der Waals surface area (Å²) in [6.45, 7) is 4.66. The molecule has 204 valence electrons. The number of rotatable bonds is 6. The third kappa shape index (κ3) is 6.61. The molecule has 12 heteroatoms. The topological polar surface area (TPSA) is 46.2 Å². The molecule has 2 aromatic rings. The van der Waals surface area contributed by atoms with Crippen LogP contribution >= 0.6 is 0 Å². The summed E-state index contributed by atoms with van der Waals surface area (Å²) < 4.78 is 122. The highest BCUT2D eigenvalue weighted by Gasteiger charge is 2.52. The summed E-state index contributed by atoms with van der Waals surface area (Å²) in [6.07, 6.45) is -14.6. The van der Waals surface area contributed by atoms with Crippen LogP contribution in [0.1, 0.15) is 49.1 Å². The quantitative estimate of drug-likeness (QED) is 0.399. The predicted molar refractivity (Wildman–Crippen MR) is 114 cm³/mol. The van der Waals surface area contributed by atoms with Crippen LogP contribution in [0, 0.1) is 5.82 Å². The van der Waals surface area contributed by atoms with Gasteiger partial charge in [-0.15, -0.1) is 0 Å². The highest BCUT2D eigenvalue weighted by Crippen LogP contribution is 2.40. The van der Waals surface area contributed by atoms with Gasteiger partial charge in [0.15, 0.2) is 12.1 Å². The van der Waals surface area contributed by atoms with Crippen LogP contribution in [0.4, 0.5) is 30.7 Å². The molecule has 0 radical (unpaired) electrons. The Bertz CT molecular complexity index is 1050. The molecule has 0 bridgehead atoms. The van der Waals surface area contributed by atoms with Crippen molar-refractivity contribution in [3.8, 4) is 0 Å². The second-order valence-corrected chi connectivity index (χ2v) is 9.36. The maximum absolute atomic E-state index is 13.3. The number of halogens is 7. The Balaban J connectivity index is 1.58. The minimum atomic E-state index is -4.99. The maximum atomic E-state index is 13.3. The second-order valence-electron chi connectivity index (χ2n) is 9.36. The third-order valence-corrected chi connectivity index (χ3v) is 6.01. The van der Waals surface area contributed by atoms with E-state index >= 15 is 0 Å². The smallest absolute Gasteiger partial charge is 0.365 e. The zero-order valence-corrected chi connectivity index (χ0v) is 20.0. The first-order chi connectivity index (χ1) is 17.1. The number of hydrogen-bond donors (Lipinski definition) is 0. The van der Waals surface area contributed by atoms with Crippen molar-refractivity contribution in [2.75, 3.05) is 6.61 Å². The number of hydrogen-bond acceptors (Lipinski definition) is 5. The molecule has 0 spiro atoms. The summed E-state index contributed by atoms with van der Waals surface area (Å²) in [5, 5.41) is 0. The Kier molecular flexibility index (Phi) is 7.61. The third-order valence-electron chi connectivity index (χ3n) is 6.01. The molecule has 2 saturated heterocycles. The van der Waals surface area contributed by atoms with Gasteiger partial charge in [0, 0.05) is 0 Å². The molecule has 0 amide bonds. The fraction of sp³-hybridized carbons (Fsp3) is 0.520. The molecule has 2 heterocycles. The molecule has 2 aliphatic heterocycles. The molecule has 0 aromatic heterocycles. The molecule has 0 N–H and O–H groups in total. The van der Waals surface area contributed by atoms with E-state index in [9.17, 15) is 30.7 Å². The molecule has 5 atom stereocenters. The first kappa shape index (κ1) is 27.8. The molecule has 2 fully saturated rings. The summed E-state index contributed by atoms with van der Waals surface area (Å²) in [5.41, 5.74) is -2.62. The SMILES string of the molecule is C[C@@H](O[C@H]1OC[C@@H]2OC(C)(C)O[C@@H]2[C@H]1OCc1ccc(F)cc1)c1cc(C(F)(F)F)cc(C(F)(F)F)c1. The molecule has 0 unspecified atom stereocenters. The minimum absolute atomic E-state index is 0.00170. The molecule has 2 aliphatic rings. The van der Waals surface area contributed by atoms with Crippen molar-refractivity contribution in [1.82, 2.24) is 0 Å². The van der Waals surface area contributed by atoms with Crippen molar-refractivity contribution in [2.45, 2.75) is 76.2 Å². The average molecular weight is 538 g/mol. The van der Waals surface area contributed by atoms with Gasteiger partial charge < -0.3 is 23.7 Å². The molecule has 0 saturated carbocycles. The van der Waals surface area contributed by atoms with Gasteiger partial charge in [-0.3, -0.25) is 0 Å². The highest BCUT2D eigenvalue weighted by atomic mass is 19.4. The summed E-state index contributed by atoms with van der Waals surface area (Å²) in [6, 6.07) is 6.78. The maximum Gasteiger partial charge on any atom is 0.416 e. The molecular weight excluding hydrogens is 513 g/mol. The van der Waals surface area contributed by atoms with E-state index in [4.69, 9.17) is 23.7 Å². The lowest BCUT2D eigenvalue weighted by Gasteiger charge is -2.38. The summed E-state index contributed by atoms with van der Waals surface area (Å²) in [4.78, 5) is 0. The zero-order chi connectivity index (χ0) is 27.2. The largest absolute Gasteiger partial charge is 0.416 e. The van der Waals surface area contributed by atoms with Crippen molar-refractivity contribution in [3.63, 3.8) is 0 Å². The van der Waals surface area contributed by atoms with E-state index in [1.807, 2.05) is 0 Å². The minimum Gasteiger partial charge on any atom is -0.365 e. The van der Waals surface area contributed by atoms with Gasteiger partial charge in [-0.05, 0) is 62.2 Å². The van der Waals surface area contributed by atoms with Gasteiger partial charge in [0.05, 0.1) is 30.4 Å². The zero-order valence-electron chi connectivity index (χ0n) is 20.0. The van der Waals surface area contributed by atoms with Gasteiger partial charge in [0.1, 0.15) is 24.1 Å². The Morgan fingerprint density at radius 3 is 2.11 bits per heavy atom. The normalized spacial score (nSPS) is 26.6. The van der Waals surface area contributed by atoms with Crippen LogP contribution in [0.3, 0.4) is 0 Å². The Morgan fingerprint density at radius 1 is 0.946 bits per heavy atom. The van der Waals surface area contributed by atoms with E-state index in [2.05, 4.69) is 0 Å². The monoisotopic (exact) mass is 538 g/mol. The summed E-state index contributed by atoms with van der Waals surface area (Å²) in [5.74, 6) is -1.42. The van der Waals surface area contributed by atoms with Crippen LogP contribution in [0.15, 0.2) is 42.5 Å². The highest BCUT2D eigenvalue weighted by molar-refractivity contribution is 5.34. The van der Waals surface area contributed by atoms with Gasteiger partial charge in [0.2, 0.25) is 0 Å². The first-order valence-corrected chi connectivity index (χ1v) is 11.4. The van der Waals surface area contributed by atoms with Crippen LogP contribution < -0.4 is 0 Å². The number of ether oxygens (including phenoxy) is 5. The summed E-state index contributed by atoms with van der Waals surface area (Å²) in [7, 11) is 0. The standard InChI is InChI=1S/C25H25F7O5/c1-13(15-8-16(24(27,28)29)10-17(9-15)25(30,31)32)35-22-21(33-11-14-4-6-18(26)7-5-14)20-19(12-34-22)36-23(2,3)37-20/h4-10,13,19-22H,11-12H2,1-3H3/t13-,19+,20+,21-,22-/m1/s1. The van der Waals surface area contributed by atoms with Crippen molar-refractivity contribution in [1.29, 1.82) is 0 Å². The fourth-order valence-electron chi connectivity index (χ4n) is 4.27. The van der Waals surface area contributed by atoms with E-state index in [0.29, 0.717) is 17.7 Å².